The van der Waals surface area contributed by atoms with Crippen LogP contribution in [0.3, 0.4) is 0 Å². The van der Waals surface area contributed by atoms with Crippen LogP contribution in [0.2, 0.25) is 5.02 Å². The largest absolute Gasteiger partial charge is 0.281 e. The van der Waals surface area contributed by atoms with E-state index in [1.807, 2.05) is 6.92 Å². The molecule has 0 aromatic heterocycles. The molecule has 1 amide bonds. The molecule has 1 rings (SSSR count). The molecule has 0 aliphatic rings. The predicted molar refractivity (Wildman–Crippen MR) is 72.9 cm³/mol. The Morgan fingerprint density at radius 1 is 1.47 bits per heavy atom. The first-order valence-electron chi connectivity index (χ1n) is 5.20. The third-order valence-corrected chi connectivity index (χ3v) is 4.28. The van der Waals surface area contributed by atoms with Crippen LogP contribution in [0.15, 0.2) is 24.3 Å². The summed E-state index contributed by atoms with van der Waals surface area (Å²) in [5, 5.41) is 10.9. The third-order valence-electron chi connectivity index (χ3n) is 2.82. The number of anilines is 1. The van der Waals surface area contributed by atoms with E-state index in [4.69, 9.17) is 11.6 Å². The highest BCUT2D eigenvalue weighted by atomic mass is 79.9. The first-order chi connectivity index (χ1) is 7.78. The monoisotopic (exact) mass is 319 g/mol. The first-order valence-corrected chi connectivity index (χ1v) is 6.50. The van der Waals surface area contributed by atoms with Crippen molar-refractivity contribution in [3.05, 3.63) is 29.3 Å². The van der Waals surface area contributed by atoms with Gasteiger partial charge < -0.3 is 0 Å². The maximum absolute atomic E-state index is 12.1. The number of benzene rings is 1. The third kappa shape index (κ3) is 3.00. The van der Waals surface area contributed by atoms with Crippen LogP contribution in [-0.4, -0.2) is 15.9 Å². The molecular weight excluding hydrogens is 305 g/mol. The Labute approximate surface area is 114 Å². The summed E-state index contributed by atoms with van der Waals surface area (Å²) in [6, 6.07) is 6.66. The molecule has 0 saturated carbocycles. The molecule has 1 aromatic carbocycles. The van der Waals surface area contributed by atoms with Crippen LogP contribution in [0.5, 0.6) is 0 Å². The van der Waals surface area contributed by atoms with E-state index in [1.165, 1.54) is 0 Å². The number of carbonyl (C=O) groups is 1. The SMILES string of the molecule is CC(Br)C(C)(C)C(=O)N(O)c1ccccc1Cl. The van der Waals surface area contributed by atoms with Gasteiger partial charge in [0.15, 0.2) is 0 Å². The maximum atomic E-state index is 12.1. The Hall–Kier alpha value is -0.580. The second-order valence-corrected chi connectivity index (χ2v) is 6.19. The summed E-state index contributed by atoms with van der Waals surface area (Å²) in [5.74, 6) is -0.407. The molecular formula is C12H15BrClNO2. The predicted octanol–water partition coefficient (Wildman–Crippen LogP) is 3.87. The van der Waals surface area contributed by atoms with Gasteiger partial charge in [-0.05, 0) is 26.0 Å². The second-order valence-electron chi connectivity index (χ2n) is 4.41. The zero-order chi connectivity index (χ0) is 13.2. The summed E-state index contributed by atoms with van der Waals surface area (Å²) in [5.41, 5.74) is -0.436. The van der Waals surface area contributed by atoms with Crippen LogP contribution >= 0.6 is 27.5 Å². The maximum Gasteiger partial charge on any atom is 0.257 e. The highest BCUT2D eigenvalue weighted by molar-refractivity contribution is 9.09. The zero-order valence-corrected chi connectivity index (χ0v) is 12.3. The number of rotatable bonds is 3. The van der Waals surface area contributed by atoms with Crippen molar-refractivity contribution in [3.8, 4) is 0 Å². The van der Waals surface area contributed by atoms with Gasteiger partial charge in [-0.2, -0.15) is 5.06 Å². The van der Waals surface area contributed by atoms with Crippen molar-refractivity contribution in [3.63, 3.8) is 0 Å². The average molecular weight is 321 g/mol. The molecule has 0 aliphatic carbocycles. The number of hydroxylamine groups is 1. The molecule has 1 N–H and O–H groups in total. The molecule has 0 spiro atoms. The van der Waals surface area contributed by atoms with Crippen LogP contribution in [0, 0.1) is 5.41 Å². The van der Waals surface area contributed by atoms with E-state index in [0.29, 0.717) is 15.8 Å². The average Bonchev–Trinajstić information content (AvgIpc) is 2.27. The molecule has 94 valence electrons. The van der Waals surface area contributed by atoms with Gasteiger partial charge in [-0.25, -0.2) is 0 Å². The van der Waals surface area contributed by atoms with Crippen molar-refractivity contribution in [2.45, 2.75) is 25.6 Å². The molecule has 3 nitrogen and oxygen atoms in total. The fourth-order valence-electron chi connectivity index (χ4n) is 1.18. The van der Waals surface area contributed by atoms with Gasteiger partial charge in [-0.15, -0.1) is 0 Å². The van der Waals surface area contributed by atoms with Gasteiger partial charge in [0.2, 0.25) is 0 Å². The lowest BCUT2D eigenvalue weighted by Crippen LogP contribution is -2.43. The van der Waals surface area contributed by atoms with E-state index in [1.54, 1.807) is 38.1 Å². The van der Waals surface area contributed by atoms with E-state index in [-0.39, 0.29) is 4.83 Å². The molecule has 0 aliphatic heterocycles. The summed E-state index contributed by atoms with van der Waals surface area (Å²) in [6.07, 6.45) is 0. The fraction of sp³-hybridized carbons (Fsp3) is 0.417. The van der Waals surface area contributed by atoms with Gasteiger partial charge in [0.25, 0.3) is 5.91 Å². The Kier molecular flexibility index (Phi) is 4.58. The second kappa shape index (κ2) is 5.38. The van der Waals surface area contributed by atoms with Gasteiger partial charge in [-0.1, -0.05) is 46.6 Å². The summed E-state index contributed by atoms with van der Waals surface area (Å²) in [6.45, 7) is 5.38. The number of para-hydroxylation sites is 1. The highest BCUT2D eigenvalue weighted by Gasteiger charge is 2.36. The fourth-order valence-corrected chi connectivity index (χ4v) is 1.59. The van der Waals surface area contributed by atoms with Crippen LogP contribution in [0.4, 0.5) is 5.69 Å². The van der Waals surface area contributed by atoms with Crippen LogP contribution in [-0.2, 0) is 4.79 Å². The highest BCUT2D eigenvalue weighted by Crippen LogP contribution is 2.32. The number of halogens is 2. The first kappa shape index (κ1) is 14.5. The van der Waals surface area contributed by atoms with E-state index in [2.05, 4.69) is 15.9 Å². The van der Waals surface area contributed by atoms with Gasteiger partial charge >= 0.3 is 0 Å². The minimum atomic E-state index is -0.728. The van der Waals surface area contributed by atoms with Gasteiger partial charge in [-0.3, -0.25) is 10.0 Å². The van der Waals surface area contributed by atoms with E-state index in [9.17, 15) is 10.0 Å². The van der Waals surface area contributed by atoms with Crippen molar-refractivity contribution in [2.75, 3.05) is 5.06 Å². The van der Waals surface area contributed by atoms with Crippen LogP contribution in [0.25, 0.3) is 0 Å². The topological polar surface area (TPSA) is 40.5 Å². The molecule has 0 heterocycles. The molecule has 1 aromatic rings. The summed E-state index contributed by atoms with van der Waals surface area (Å²) < 4.78 is 0. The van der Waals surface area contributed by atoms with Crippen molar-refractivity contribution in [1.29, 1.82) is 0 Å². The minimum absolute atomic E-state index is 0.0698. The smallest absolute Gasteiger partial charge is 0.257 e. The quantitative estimate of drug-likeness (QED) is 0.522. The molecule has 0 saturated heterocycles. The lowest BCUT2D eigenvalue weighted by molar-refractivity contribution is -0.131. The van der Waals surface area contributed by atoms with Crippen LogP contribution in [0.1, 0.15) is 20.8 Å². The minimum Gasteiger partial charge on any atom is -0.281 e. The summed E-state index contributed by atoms with van der Waals surface area (Å²) >= 11 is 9.29. The van der Waals surface area contributed by atoms with Gasteiger partial charge in [0.05, 0.1) is 16.1 Å². The molecule has 0 fully saturated rings. The molecule has 5 heteroatoms. The number of hydrogen-bond acceptors (Lipinski definition) is 2. The Balaban J connectivity index is 3.03. The number of hydrogen-bond donors (Lipinski definition) is 1. The van der Waals surface area contributed by atoms with Gasteiger partial charge in [0.1, 0.15) is 0 Å². The number of amides is 1. The molecule has 0 radical (unpaired) electrons. The standard InChI is InChI=1S/C12H15BrClNO2/c1-8(13)12(2,3)11(16)15(17)10-7-5-4-6-9(10)14/h4-8,17H,1-3H3. The van der Waals surface area contributed by atoms with E-state index in [0.717, 1.165) is 0 Å². The Bertz CT molecular complexity index is 421. The number of carbonyl (C=O) groups excluding carboxylic acids is 1. The van der Waals surface area contributed by atoms with Crippen LogP contribution < -0.4 is 5.06 Å². The molecule has 1 atom stereocenters. The zero-order valence-electron chi connectivity index (χ0n) is 9.95. The Morgan fingerprint density at radius 2 is 2.00 bits per heavy atom. The van der Waals surface area contributed by atoms with Crippen molar-refractivity contribution >= 4 is 39.1 Å². The lowest BCUT2D eigenvalue weighted by atomic mass is 9.89. The summed E-state index contributed by atoms with van der Waals surface area (Å²) in [4.78, 5) is 12.1. The van der Waals surface area contributed by atoms with E-state index < -0.39 is 11.3 Å². The Morgan fingerprint density at radius 3 is 2.47 bits per heavy atom. The molecule has 1 unspecified atom stereocenters. The number of alkyl halides is 1. The van der Waals surface area contributed by atoms with Crippen molar-refractivity contribution < 1.29 is 10.0 Å². The lowest BCUT2D eigenvalue weighted by Gasteiger charge is -2.30. The summed E-state index contributed by atoms with van der Waals surface area (Å²) in [7, 11) is 0. The normalized spacial score (nSPS) is 13.3. The molecule has 17 heavy (non-hydrogen) atoms. The van der Waals surface area contributed by atoms with Crippen molar-refractivity contribution in [1.82, 2.24) is 0 Å². The van der Waals surface area contributed by atoms with Crippen molar-refractivity contribution in [2.24, 2.45) is 5.41 Å². The van der Waals surface area contributed by atoms with Gasteiger partial charge in [0, 0.05) is 4.83 Å². The van der Waals surface area contributed by atoms with E-state index >= 15 is 0 Å². The molecule has 0 bridgehead atoms. The number of nitrogens with zero attached hydrogens (tertiary/aromatic N) is 1.